The number of aryl methyl sites for hydroxylation is 1. The molecule has 0 fully saturated rings. The monoisotopic (exact) mass is 312 g/mol. The van der Waals surface area contributed by atoms with E-state index in [4.69, 9.17) is 4.74 Å². The lowest BCUT2D eigenvalue weighted by molar-refractivity contribution is 0.199. The molecule has 0 amide bonds. The minimum atomic E-state index is 0.732. The molecular weight excluding hydrogens is 292 g/mol. The van der Waals surface area contributed by atoms with Crippen molar-refractivity contribution in [3.05, 3.63) is 27.2 Å². The van der Waals surface area contributed by atoms with Gasteiger partial charge in [-0.25, -0.2) is 9.97 Å². The number of rotatable bonds is 8. The Balaban J connectivity index is 1.86. The summed E-state index contributed by atoms with van der Waals surface area (Å²) < 4.78 is 5.01. The number of methoxy groups -OCH3 is 1. The number of hydrogen-bond donors (Lipinski definition) is 1. The van der Waals surface area contributed by atoms with Crippen molar-refractivity contribution in [1.82, 2.24) is 15.3 Å². The second-order valence-electron chi connectivity index (χ2n) is 4.50. The fourth-order valence-corrected chi connectivity index (χ4v) is 3.37. The molecule has 2 heterocycles. The lowest BCUT2D eigenvalue weighted by Crippen LogP contribution is -2.17. The molecule has 0 unspecified atom stereocenters. The maximum absolute atomic E-state index is 5.01. The number of aromatic nitrogens is 2. The van der Waals surface area contributed by atoms with E-state index in [1.807, 2.05) is 18.6 Å². The average Bonchev–Trinajstić information content (AvgIpc) is 3.05. The molecule has 0 bridgehead atoms. The molecule has 0 saturated heterocycles. The Labute approximate surface area is 127 Å². The van der Waals surface area contributed by atoms with Gasteiger partial charge in [0, 0.05) is 43.2 Å². The van der Waals surface area contributed by atoms with Crippen LogP contribution in [-0.2, 0) is 17.8 Å². The van der Waals surface area contributed by atoms with Crippen LogP contribution in [0.4, 0.5) is 5.13 Å². The van der Waals surface area contributed by atoms with Gasteiger partial charge in [0.2, 0.25) is 0 Å². The van der Waals surface area contributed by atoms with Crippen LogP contribution in [0.5, 0.6) is 0 Å². The van der Waals surface area contributed by atoms with E-state index in [1.165, 1.54) is 9.75 Å². The summed E-state index contributed by atoms with van der Waals surface area (Å²) in [4.78, 5) is 13.5. The topological polar surface area (TPSA) is 50.3 Å². The Morgan fingerprint density at radius 3 is 2.95 bits per heavy atom. The van der Waals surface area contributed by atoms with Crippen LogP contribution in [0.25, 0.3) is 0 Å². The molecule has 20 heavy (non-hydrogen) atoms. The molecule has 0 spiro atoms. The van der Waals surface area contributed by atoms with E-state index in [0.717, 1.165) is 37.1 Å². The van der Waals surface area contributed by atoms with Crippen LogP contribution in [0.1, 0.15) is 15.4 Å². The molecule has 1 N–H and O–H groups in total. The van der Waals surface area contributed by atoms with Crippen LogP contribution in [0.2, 0.25) is 0 Å². The van der Waals surface area contributed by atoms with E-state index < -0.39 is 0 Å². The molecule has 0 radical (unpaired) electrons. The first-order valence-electron chi connectivity index (χ1n) is 6.45. The summed E-state index contributed by atoms with van der Waals surface area (Å²) in [6, 6.07) is 0. The molecule has 2 aromatic heterocycles. The summed E-state index contributed by atoms with van der Waals surface area (Å²) in [5, 5.41) is 4.37. The van der Waals surface area contributed by atoms with Crippen molar-refractivity contribution in [3.8, 4) is 0 Å². The average molecular weight is 312 g/mol. The van der Waals surface area contributed by atoms with Crippen LogP contribution in [-0.4, -0.2) is 37.3 Å². The lowest BCUT2D eigenvalue weighted by atomic mass is 10.4. The highest BCUT2D eigenvalue weighted by Crippen LogP contribution is 2.24. The van der Waals surface area contributed by atoms with E-state index in [2.05, 4.69) is 27.2 Å². The quantitative estimate of drug-likeness (QED) is 0.758. The molecular formula is C13H20N4OS2. The zero-order chi connectivity index (χ0) is 14.4. The third kappa shape index (κ3) is 4.24. The molecule has 0 aliphatic heterocycles. The summed E-state index contributed by atoms with van der Waals surface area (Å²) in [6.07, 6.45) is 1.94. The maximum Gasteiger partial charge on any atom is 0.185 e. The standard InChI is InChI=1S/C13H20N4OS2/c1-10-12(19-9-16-10)8-17(2)13-15-7-11(20-13)6-14-4-5-18-3/h7,9,14H,4-6,8H2,1-3H3. The van der Waals surface area contributed by atoms with Crippen molar-refractivity contribution >= 4 is 27.8 Å². The number of nitrogens with one attached hydrogen (secondary N) is 1. The van der Waals surface area contributed by atoms with E-state index in [-0.39, 0.29) is 0 Å². The van der Waals surface area contributed by atoms with E-state index in [0.29, 0.717) is 0 Å². The fraction of sp³-hybridized carbons (Fsp3) is 0.538. The summed E-state index contributed by atoms with van der Waals surface area (Å²) in [7, 11) is 3.78. The Kier molecular flexibility index (Phi) is 5.90. The van der Waals surface area contributed by atoms with E-state index in [1.54, 1.807) is 29.8 Å². The van der Waals surface area contributed by atoms with Gasteiger partial charge in [0.15, 0.2) is 5.13 Å². The summed E-state index contributed by atoms with van der Waals surface area (Å²) in [5.41, 5.74) is 3.01. The Bertz CT molecular complexity index is 526. The molecule has 2 aromatic rings. The van der Waals surface area contributed by atoms with Gasteiger partial charge in [0.05, 0.1) is 24.4 Å². The predicted molar refractivity (Wildman–Crippen MR) is 84.7 cm³/mol. The van der Waals surface area contributed by atoms with Crippen molar-refractivity contribution in [2.45, 2.75) is 20.0 Å². The minimum absolute atomic E-state index is 0.732. The van der Waals surface area contributed by atoms with E-state index in [9.17, 15) is 0 Å². The maximum atomic E-state index is 5.01. The van der Waals surface area contributed by atoms with Gasteiger partial charge in [-0.15, -0.1) is 22.7 Å². The normalized spacial score (nSPS) is 10.9. The van der Waals surface area contributed by atoms with Crippen molar-refractivity contribution in [1.29, 1.82) is 0 Å². The highest BCUT2D eigenvalue weighted by Gasteiger charge is 2.10. The molecule has 110 valence electrons. The first kappa shape index (κ1) is 15.4. The van der Waals surface area contributed by atoms with Crippen LogP contribution in [0.3, 0.4) is 0 Å². The molecule has 0 atom stereocenters. The van der Waals surface area contributed by atoms with Crippen LogP contribution in [0.15, 0.2) is 11.7 Å². The number of ether oxygens (including phenoxy) is 1. The highest BCUT2D eigenvalue weighted by atomic mass is 32.1. The molecule has 2 rings (SSSR count). The van der Waals surface area contributed by atoms with Crippen molar-refractivity contribution in [3.63, 3.8) is 0 Å². The zero-order valence-electron chi connectivity index (χ0n) is 12.0. The second kappa shape index (κ2) is 7.68. The van der Waals surface area contributed by atoms with Gasteiger partial charge in [-0.2, -0.15) is 0 Å². The largest absolute Gasteiger partial charge is 0.383 e. The van der Waals surface area contributed by atoms with Gasteiger partial charge in [-0.1, -0.05) is 0 Å². The van der Waals surface area contributed by atoms with Gasteiger partial charge in [0.1, 0.15) is 0 Å². The van der Waals surface area contributed by atoms with Gasteiger partial charge < -0.3 is 15.0 Å². The number of nitrogens with zero attached hydrogens (tertiary/aromatic N) is 3. The molecule has 0 aliphatic carbocycles. The summed E-state index contributed by atoms with van der Waals surface area (Å²) >= 11 is 3.42. The zero-order valence-corrected chi connectivity index (χ0v) is 13.7. The summed E-state index contributed by atoms with van der Waals surface area (Å²) in [5.74, 6) is 0. The van der Waals surface area contributed by atoms with Gasteiger partial charge in [-0.05, 0) is 6.92 Å². The van der Waals surface area contributed by atoms with Crippen LogP contribution < -0.4 is 10.2 Å². The Morgan fingerprint density at radius 1 is 1.40 bits per heavy atom. The predicted octanol–water partition coefficient (Wildman–Crippen LogP) is 2.28. The molecule has 7 heteroatoms. The lowest BCUT2D eigenvalue weighted by Gasteiger charge is -2.14. The second-order valence-corrected chi connectivity index (χ2v) is 6.53. The van der Waals surface area contributed by atoms with Crippen molar-refractivity contribution in [2.24, 2.45) is 0 Å². The van der Waals surface area contributed by atoms with Crippen molar-refractivity contribution in [2.75, 3.05) is 32.2 Å². The highest BCUT2D eigenvalue weighted by molar-refractivity contribution is 7.15. The SMILES string of the molecule is COCCNCc1cnc(N(C)Cc2scnc2C)s1. The smallest absolute Gasteiger partial charge is 0.185 e. The molecule has 0 saturated carbocycles. The first-order valence-corrected chi connectivity index (χ1v) is 8.14. The Hall–Kier alpha value is -1.02. The summed E-state index contributed by atoms with van der Waals surface area (Å²) in [6.45, 7) is 5.34. The van der Waals surface area contributed by atoms with E-state index >= 15 is 0 Å². The minimum Gasteiger partial charge on any atom is -0.383 e. The third-order valence-electron chi connectivity index (χ3n) is 2.88. The fourth-order valence-electron chi connectivity index (χ4n) is 1.70. The van der Waals surface area contributed by atoms with Crippen LogP contribution >= 0.6 is 22.7 Å². The molecule has 5 nitrogen and oxygen atoms in total. The number of anilines is 1. The van der Waals surface area contributed by atoms with Gasteiger partial charge in [-0.3, -0.25) is 0 Å². The number of hydrogen-bond acceptors (Lipinski definition) is 7. The van der Waals surface area contributed by atoms with Crippen LogP contribution in [0, 0.1) is 6.92 Å². The van der Waals surface area contributed by atoms with Gasteiger partial charge >= 0.3 is 0 Å². The third-order valence-corrected chi connectivity index (χ3v) is 4.91. The first-order chi connectivity index (χ1) is 9.70. The molecule has 0 aliphatic rings. The van der Waals surface area contributed by atoms with Crippen molar-refractivity contribution < 1.29 is 4.74 Å². The Morgan fingerprint density at radius 2 is 2.25 bits per heavy atom. The van der Waals surface area contributed by atoms with Gasteiger partial charge in [0.25, 0.3) is 0 Å². The molecule has 0 aromatic carbocycles. The number of thiazole rings is 2.